The molecule has 6 heteroatoms. The highest BCUT2D eigenvalue weighted by molar-refractivity contribution is 5.78. The van der Waals surface area contributed by atoms with Gasteiger partial charge in [0.2, 0.25) is 11.8 Å². The van der Waals surface area contributed by atoms with Crippen LogP contribution in [-0.2, 0) is 16.1 Å². The molecule has 0 unspecified atom stereocenters. The van der Waals surface area contributed by atoms with Crippen molar-refractivity contribution in [2.24, 2.45) is 0 Å². The topological polar surface area (TPSA) is 52.7 Å². The molecule has 0 aliphatic carbocycles. The number of halogens is 1. The number of carbonyl (C=O) groups excluding carboxylic acids is 2. The van der Waals surface area contributed by atoms with E-state index in [0.717, 1.165) is 5.56 Å². The van der Waals surface area contributed by atoms with Crippen LogP contribution in [0.2, 0.25) is 0 Å². The first-order valence-electron chi connectivity index (χ1n) is 7.45. The molecule has 1 N–H and O–H groups in total. The molecule has 22 heavy (non-hydrogen) atoms. The Bertz CT molecular complexity index is 554. The summed E-state index contributed by atoms with van der Waals surface area (Å²) in [4.78, 5) is 27.0. The van der Waals surface area contributed by atoms with Gasteiger partial charge in [0.25, 0.3) is 0 Å². The van der Waals surface area contributed by atoms with E-state index in [1.54, 1.807) is 24.8 Å². The van der Waals surface area contributed by atoms with Crippen LogP contribution in [-0.4, -0.2) is 54.3 Å². The molecule has 1 aromatic carbocycles. The number of aryl methyl sites for hydroxylation is 1. The molecule has 1 saturated heterocycles. The Labute approximate surface area is 130 Å². The first kappa shape index (κ1) is 16.4. The second-order valence-corrected chi connectivity index (χ2v) is 5.64. The van der Waals surface area contributed by atoms with Gasteiger partial charge in [-0.15, -0.1) is 0 Å². The van der Waals surface area contributed by atoms with Crippen LogP contribution in [0.3, 0.4) is 0 Å². The molecular weight excluding hydrogens is 285 g/mol. The van der Waals surface area contributed by atoms with Crippen LogP contribution in [0.4, 0.5) is 4.39 Å². The second kappa shape index (κ2) is 7.35. The summed E-state index contributed by atoms with van der Waals surface area (Å²) in [6.07, 6.45) is 0. The molecule has 0 saturated carbocycles. The van der Waals surface area contributed by atoms with Gasteiger partial charge in [0.1, 0.15) is 5.82 Å². The molecule has 1 aliphatic heterocycles. The van der Waals surface area contributed by atoms with Crippen LogP contribution < -0.4 is 5.32 Å². The van der Waals surface area contributed by atoms with Gasteiger partial charge >= 0.3 is 0 Å². The van der Waals surface area contributed by atoms with Crippen molar-refractivity contribution in [2.75, 3.05) is 32.7 Å². The molecule has 1 fully saturated rings. The van der Waals surface area contributed by atoms with Gasteiger partial charge in [0.05, 0.1) is 6.54 Å². The fourth-order valence-electron chi connectivity index (χ4n) is 2.43. The minimum atomic E-state index is -0.257. The number of nitrogens with zero attached hydrogens (tertiary/aromatic N) is 2. The van der Waals surface area contributed by atoms with Gasteiger partial charge in [-0.25, -0.2) is 4.39 Å². The fourth-order valence-corrected chi connectivity index (χ4v) is 2.43. The lowest BCUT2D eigenvalue weighted by molar-refractivity contribution is -0.131. The van der Waals surface area contributed by atoms with Crippen molar-refractivity contribution < 1.29 is 14.0 Å². The van der Waals surface area contributed by atoms with Crippen molar-refractivity contribution in [1.29, 1.82) is 0 Å². The van der Waals surface area contributed by atoms with Crippen LogP contribution in [0, 0.1) is 12.7 Å². The summed E-state index contributed by atoms with van der Waals surface area (Å²) in [7, 11) is 0. The minimum Gasteiger partial charge on any atom is -0.351 e. The second-order valence-electron chi connectivity index (χ2n) is 5.64. The van der Waals surface area contributed by atoms with Gasteiger partial charge < -0.3 is 10.2 Å². The van der Waals surface area contributed by atoms with Crippen LogP contribution in [0.1, 0.15) is 18.1 Å². The Morgan fingerprint density at radius 1 is 1.23 bits per heavy atom. The summed E-state index contributed by atoms with van der Waals surface area (Å²) in [6, 6.07) is 4.96. The van der Waals surface area contributed by atoms with Crippen molar-refractivity contribution in [2.45, 2.75) is 20.4 Å². The molecule has 0 bridgehead atoms. The average molecular weight is 307 g/mol. The fraction of sp³-hybridized carbons (Fsp3) is 0.500. The predicted octanol–water partition coefficient (Wildman–Crippen LogP) is 0.914. The summed E-state index contributed by atoms with van der Waals surface area (Å²) < 4.78 is 13.4. The van der Waals surface area contributed by atoms with Crippen molar-refractivity contribution in [1.82, 2.24) is 15.1 Å². The summed E-state index contributed by atoms with van der Waals surface area (Å²) in [5.74, 6) is -0.269. The lowest BCUT2D eigenvalue weighted by Crippen LogP contribution is -2.50. The Morgan fingerprint density at radius 2 is 1.91 bits per heavy atom. The molecule has 0 spiro atoms. The van der Waals surface area contributed by atoms with Crippen molar-refractivity contribution >= 4 is 11.8 Å². The SMILES string of the molecule is CC(=O)N1CCN(CC(=O)NCc2ccc(C)c(F)c2)CC1. The summed E-state index contributed by atoms with van der Waals surface area (Å²) >= 11 is 0. The van der Waals surface area contributed by atoms with E-state index >= 15 is 0 Å². The Kier molecular flexibility index (Phi) is 5.49. The number of benzene rings is 1. The molecule has 0 radical (unpaired) electrons. The van der Waals surface area contributed by atoms with E-state index in [-0.39, 0.29) is 17.6 Å². The van der Waals surface area contributed by atoms with Crippen LogP contribution in [0.25, 0.3) is 0 Å². The maximum absolute atomic E-state index is 13.4. The highest BCUT2D eigenvalue weighted by Crippen LogP contribution is 2.09. The van der Waals surface area contributed by atoms with Crippen molar-refractivity contribution in [3.8, 4) is 0 Å². The van der Waals surface area contributed by atoms with E-state index in [4.69, 9.17) is 0 Å². The number of rotatable bonds is 4. The quantitative estimate of drug-likeness (QED) is 0.900. The van der Waals surface area contributed by atoms with Gasteiger partial charge in [-0.2, -0.15) is 0 Å². The summed E-state index contributed by atoms with van der Waals surface area (Å²) in [5.41, 5.74) is 1.34. The van der Waals surface area contributed by atoms with E-state index in [1.807, 2.05) is 11.0 Å². The number of nitrogens with one attached hydrogen (secondary N) is 1. The molecule has 1 heterocycles. The first-order chi connectivity index (χ1) is 10.5. The van der Waals surface area contributed by atoms with E-state index in [2.05, 4.69) is 5.32 Å². The average Bonchev–Trinajstić information content (AvgIpc) is 2.49. The third kappa shape index (κ3) is 4.53. The lowest BCUT2D eigenvalue weighted by atomic mass is 10.1. The molecule has 5 nitrogen and oxygen atoms in total. The Hall–Kier alpha value is -1.95. The number of amides is 2. The molecule has 1 aliphatic rings. The van der Waals surface area contributed by atoms with E-state index in [9.17, 15) is 14.0 Å². The third-order valence-electron chi connectivity index (χ3n) is 3.91. The summed E-state index contributed by atoms with van der Waals surface area (Å²) in [5, 5.41) is 2.80. The number of hydrogen-bond acceptors (Lipinski definition) is 3. The van der Waals surface area contributed by atoms with Crippen LogP contribution in [0.5, 0.6) is 0 Å². The zero-order chi connectivity index (χ0) is 16.1. The van der Waals surface area contributed by atoms with Crippen molar-refractivity contribution in [3.05, 3.63) is 35.1 Å². The number of hydrogen-bond donors (Lipinski definition) is 1. The zero-order valence-electron chi connectivity index (χ0n) is 13.1. The molecule has 2 rings (SSSR count). The van der Waals surface area contributed by atoms with Crippen LogP contribution >= 0.6 is 0 Å². The van der Waals surface area contributed by atoms with Gasteiger partial charge in [-0.3, -0.25) is 14.5 Å². The normalized spacial score (nSPS) is 15.7. The van der Waals surface area contributed by atoms with E-state index < -0.39 is 0 Å². The Morgan fingerprint density at radius 3 is 2.50 bits per heavy atom. The molecular formula is C16H22FN3O2. The molecule has 1 aromatic rings. The van der Waals surface area contributed by atoms with E-state index in [1.165, 1.54) is 6.07 Å². The van der Waals surface area contributed by atoms with E-state index in [0.29, 0.717) is 44.8 Å². The van der Waals surface area contributed by atoms with Gasteiger partial charge in [0, 0.05) is 39.6 Å². The standard InChI is InChI=1S/C16H22FN3O2/c1-12-3-4-14(9-15(12)17)10-18-16(22)11-19-5-7-20(8-6-19)13(2)21/h3-4,9H,5-8,10-11H2,1-2H3,(H,18,22). The lowest BCUT2D eigenvalue weighted by Gasteiger charge is -2.33. The Balaban J connectivity index is 1.74. The molecule has 0 atom stereocenters. The number of carbonyl (C=O) groups is 2. The first-order valence-corrected chi connectivity index (χ1v) is 7.45. The van der Waals surface area contributed by atoms with Crippen LogP contribution in [0.15, 0.2) is 18.2 Å². The molecule has 120 valence electrons. The van der Waals surface area contributed by atoms with Gasteiger partial charge in [-0.05, 0) is 24.1 Å². The summed E-state index contributed by atoms with van der Waals surface area (Å²) in [6.45, 7) is 6.61. The van der Waals surface area contributed by atoms with Gasteiger partial charge in [-0.1, -0.05) is 12.1 Å². The maximum atomic E-state index is 13.4. The molecule has 0 aromatic heterocycles. The number of piperazine rings is 1. The predicted molar refractivity (Wildman–Crippen MR) is 81.7 cm³/mol. The maximum Gasteiger partial charge on any atom is 0.234 e. The van der Waals surface area contributed by atoms with Crippen molar-refractivity contribution in [3.63, 3.8) is 0 Å². The third-order valence-corrected chi connectivity index (χ3v) is 3.91. The monoisotopic (exact) mass is 307 g/mol. The largest absolute Gasteiger partial charge is 0.351 e. The smallest absolute Gasteiger partial charge is 0.234 e. The minimum absolute atomic E-state index is 0.0745. The zero-order valence-corrected chi connectivity index (χ0v) is 13.1. The van der Waals surface area contributed by atoms with Gasteiger partial charge in [0.15, 0.2) is 0 Å². The highest BCUT2D eigenvalue weighted by atomic mass is 19.1. The highest BCUT2D eigenvalue weighted by Gasteiger charge is 2.20. The molecule has 2 amide bonds.